The maximum absolute atomic E-state index is 12.7. The van der Waals surface area contributed by atoms with Gasteiger partial charge in [-0.3, -0.25) is 4.79 Å². The van der Waals surface area contributed by atoms with Crippen molar-refractivity contribution in [3.05, 3.63) is 27.3 Å². The monoisotopic (exact) mass is 399 g/mol. The Hall–Kier alpha value is -0.990. The van der Waals surface area contributed by atoms with Gasteiger partial charge in [0.25, 0.3) is 5.91 Å². The summed E-state index contributed by atoms with van der Waals surface area (Å²) in [4.78, 5) is 13.4. The lowest BCUT2D eigenvalue weighted by Crippen LogP contribution is -2.44. The van der Waals surface area contributed by atoms with Crippen molar-refractivity contribution in [2.24, 2.45) is 5.92 Å². The van der Waals surface area contributed by atoms with E-state index >= 15 is 0 Å². The summed E-state index contributed by atoms with van der Waals surface area (Å²) in [6.07, 6.45) is -3.92. The number of aromatic hydroxyl groups is 1. The fourth-order valence-corrected chi connectivity index (χ4v) is 2.77. The first-order valence-electron chi connectivity index (χ1n) is 6.13. The van der Waals surface area contributed by atoms with Gasteiger partial charge in [0.05, 0.1) is 11.5 Å². The number of hydrogen-bond acceptors (Lipinski definition) is 2. The molecule has 1 heterocycles. The van der Waals surface area contributed by atoms with Gasteiger partial charge in [0, 0.05) is 16.7 Å². The molecule has 1 fully saturated rings. The molecule has 3 nitrogen and oxygen atoms in total. The molecule has 0 spiro atoms. The van der Waals surface area contributed by atoms with E-state index in [9.17, 15) is 23.1 Å². The molecule has 2 rings (SSSR count). The number of phenols is 1. The van der Waals surface area contributed by atoms with Gasteiger partial charge in [-0.05, 0) is 53.6 Å². The first kappa shape index (κ1) is 15.4. The third-order valence-corrected chi connectivity index (χ3v) is 4.03. The average molecular weight is 399 g/mol. The minimum Gasteiger partial charge on any atom is -0.507 e. The van der Waals surface area contributed by atoms with Crippen LogP contribution in [-0.4, -0.2) is 35.2 Å². The molecule has 0 radical (unpaired) electrons. The molecule has 7 heteroatoms. The maximum atomic E-state index is 12.7. The van der Waals surface area contributed by atoms with Gasteiger partial charge in [-0.15, -0.1) is 0 Å². The molecule has 1 aliphatic heterocycles. The molecule has 20 heavy (non-hydrogen) atoms. The number of carbonyl (C=O) groups excluding carboxylic acids is 1. The van der Waals surface area contributed by atoms with Gasteiger partial charge in [0.2, 0.25) is 0 Å². The van der Waals surface area contributed by atoms with Crippen molar-refractivity contribution in [3.63, 3.8) is 0 Å². The van der Waals surface area contributed by atoms with Crippen LogP contribution in [0.3, 0.4) is 0 Å². The molecule has 0 bridgehead atoms. The van der Waals surface area contributed by atoms with Crippen molar-refractivity contribution in [3.8, 4) is 5.75 Å². The summed E-state index contributed by atoms with van der Waals surface area (Å²) in [5, 5.41) is 9.69. The van der Waals surface area contributed by atoms with Crippen molar-refractivity contribution >= 4 is 28.5 Å². The fraction of sp³-hybridized carbons (Fsp3) is 0.462. The Morgan fingerprint density at radius 3 is 2.75 bits per heavy atom. The maximum Gasteiger partial charge on any atom is 0.393 e. The molecule has 0 aliphatic carbocycles. The Morgan fingerprint density at radius 2 is 2.10 bits per heavy atom. The van der Waals surface area contributed by atoms with Gasteiger partial charge >= 0.3 is 6.18 Å². The number of carbonyl (C=O) groups is 1. The lowest BCUT2D eigenvalue weighted by atomic mass is 9.97. The Balaban J connectivity index is 2.18. The largest absolute Gasteiger partial charge is 0.507 e. The molecule has 0 saturated carbocycles. The molecule has 110 valence electrons. The molecule has 1 amide bonds. The quantitative estimate of drug-likeness (QED) is 0.736. The van der Waals surface area contributed by atoms with Gasteiger partial charge in [0.1, 0.15) is 5.75 Å². The van der Waals surface area contributed by atoms with Gasteiger partial charge in [-0.25, -0.2) is 0 Å². The summed E-state index contributed by atoms with van der Waals surface area (Å²) < 4.78 is 38.9. The Labute approximate surface area is 127 Å². The van der Waals surface area contributed by atoms with Crippen LogP contribution in [0.25, 0.3) is 0 Å². The predicted octanol–water partition coefficient (Wildman–Crippen LogP) is 3.41. The number of hydrogen-bond donors (Lipinski definition) is 1. The molecule has 1 aromatic carbocycles. The van der Waals surface area contributed by atoms with E-state index in [0.29, 0.717) is 6.42 Å². The van der Waals surface area contributed by atoms with Crippen LogP contribution >= 0.6 is 22.6 Å². The normalized spacial score (nSPS) is 20.0. The highest BCUT2D eigenvalue weighted by Crippen LogP contribution is 2.34. The smallest absolute Gasteiger partial charge is 0.393 e. The van der Waals surface area contributed by atoms with Crippen LogP contribution in [0.1, 0.15) is 23.2 Å². The average Bonchev–Trinajstić information content (AvgIpc) is 2.40. The molecule has 1 atom stereocenters. The van der Waals surface area contributed by atoms with Crippen molar-refractivity contribution < 1.29 is 23.1 Å². The molecule has 1 N–H and O–H groups in total. The first-order valence-corrected chi connectivity index (χ1v) is 7.21. The van der Waals surface area contributed by atoms with Crippen LogP contribution < -0.4 is 0 Å². The van der Waals surface area contributed by atoms with Gasteiger partial charge in [0.15, 0.2) is 0 Å². The zero-order valence-corrected chi connectivity index (χ0v) is 12.6. The third kappa shape index (κ3) is 3.36. The highest BCUT2D eigenvalue weighted by Gasteiger charge is 2.42. The molecule has 1 aliphatic rings. The van der Waals surface area contributed by atoms with E-state index in [4.69, 9.17) is 0 Å². The molecular weight excluding hydrogens is 386 g/mol. The highest BCUT2D eigenvalue weighted by atomic mass is 127. The Kier molecular flexibility index (Phi) is 4.46. The van der Waals surface area contributed by atoms with E-state index in [0.717, 1.165) is 3.57 Å². The van der Waals surface area contributed by atoms with Gasteiger partial charge in [-0.1, -0.05) is 0 Å². The lowest BCUT2D eigenvalue weighted by molar-refractivity contribution is -0.184. The second-order valence-electron chi connectivity index (χ2n) is 4.79. The number of amides is 1. The first-order chi connectivity index (χ1) is 9.29. The van der Waals surface area contributed by atoms with E-state index in [1.807, 2.05) is 22.6 Å². The molecular formula is C13H13F3INO2. The third-order valence-electron chi connectivity index (χ3n) is 3.36. The molecule has 1 unspecified atom stereocenters. The number of benzene rings is 1. The zero-order chi connectivity index (χ0) is 14.9. The van der Waals surface area contributed by atoms with E-state index in [1.54, 1.807) is 6.07 Å². The van der Waals surface area contributed by atoms with Crippen LogP contribution in [0, 0.1) is 9.49 Å². The Morgan fingerprint density at radius 1 is 1.40 bits per heavy atom. The van der Waals surface area contributed by atoms with E-state index < -0.39 is 18.0 Å². The minimum absolute atomic E-state index is 0.0472. The second-order valence-corrected chi connectivity index (χ2v) is 6.04. The fourth-order valence-electron chi connectivity index (χ4n) is 2.28. The summed E-state index contributed by atoms with van der Waals surface area (Å²) in [6, 6.07) is 4.48. The van der Waals surface area contributed by atoms with E-state index in [1.165, 1.54) is 17.0 Å². The van der Waals surface area contributed by atoms with Crippen molar-refractivity contribution in [2.75, 3.05) is 13.1 Å². The summed E-state index contributed by atoms with van der Waals surface area (Å²) >= 11 is 1.98. The second kappa shape index (κ2) is 5.79. The number of alkyl halides is 3. The van der Waals surface area contributed by atoms with Crippen LogP contribution in [-0.2, 0) is 0 Å². The molecule has 1 aromatic rings. The van der Waals surface area contributed by atoms with Crippen molar-refractivity contribution in [1.29, 1.82) is 0 Å². The predicted molar refractivity (Wildman–Crippen MR) is 75.5 cm³/mol. The van der Waals surface area contributed by atoms with Crippen LogP contribution in [0.15, 0.2) is 18.2 Å². The lowest BCUT2D eigenvalue weighted by Gasteiger charge is -2.33. The van der Waals surface area contributed by atoms with E-state index in [-0.39, 0.29) is 30.8 Å². The van der Waals surface area contributed by atoms with Gasteiger partial charge in [-0.2, -0.15) is 13.2 Å². The molecule has 1 saturated heterocycles. The van der Waals surface area contributed by atoms with Crippen LogP contribution in [0.4, 0.5) is 13.2 Å². The summed E-state index contributed by atoms with van der Waals surface area (Å²) in [6.45, 7) is -0.0520. The summed E-state index contributed by atoms with van der Waals surface area (Å²) in [7, 11) is 0. The number of rotatable bonds is 1. The zero-order valence-electron chi connectivity index (χ0n) is 10.5. The van der Waals surface area contributed by atoms with E-state index in [2.05, 4.69) is 0 Å². The summed E-state index contributed by atoms with van der Waals surface area (Å²) in [5.74, 6) is -2.23. The van der Waals surface area contributed by atoms with Crippen LogP contribution in [0.2, 0.25) is 0 Å². The number of piperidine rings is 1. The van der Waals surface area contributed by atoms with Crippen LogP contribution in [0.5, 0.6) is 5.75 Å². The topological polar surface area (TPSA) is 40.5 Å². The highest BCUT2D eigenvalue weighted by molar-refractivity contribution is 14.1. The van der Waals surface area contributed by atoms with Crippen molar-refractivity contribution in [1.82, 2.24) is 4.90 Å². The Bertz CT molecular complexity index is 519. The summed E-state index contributed by atoms with van der Waals surface area (Å²) in [5.41, 5.74) is 0.0553. The number of nitrogens with zero attached hydrogens (tertiary/aromatic N) is 1. The number of halogens is 4. The SMILES string of the molecule is O=C(c1cc(I)ccc1O)N1CCCC(C(F)(F)F)C1. The number of phenolic OH excluding ortho intramolecular Hbond substituents is 1. The molecule has 0 aromatic heterocycles. The minimum atomic E-state index is -4.29. The van der Waals surface area contributed by atoms with Gasteiger partial charge < -0.3 is 10.0 Å². The number of likely N-dealkylation sites (tertiary alicyclic amines) is 1. The van der Waals surface area contributed by atoms with Crippen molar-refractivity contribution in [2.45, 2.75) is 19.0 Å². The standard InChI is InChI=1S/C13H13F3INO2/c14-13(15,16)8-2-1-5-18(7-8)12(20)10-6-9(17)3-4-11(10)19/h3-4,6,8,19H,1-2,5,7H2.